The van der Waals surface area contributed by atoms with E-state index in [0.717, 1.165) is 11.1 Å². The molecule has 0 aliphatic rings. The maximum Gasteiger partial charge on any atom is 0.338 e. The second kappa shape index (κ2) is 9.04. The number of rotatable bonds is 7. The molecule has 2 aromatic carbocycles. The largest absolute Gasteiger partial charge is 0.481 e. The molecule has 0 heterocycles. The topological polar surface area (TPSA) is 64.6 Å². The molecule has 0 radical (unpaired) electrons. The van der Waals surface area contributed by atoms with E-state index >= 15 is 0 Å². The number of anilines is 1. The van der Waals surface area contributed by atoms with Gasteiger partial charge in [-0.25, -0.2) is 4.79 Å². The number of esters is 1. The molecule has 0 saturated heterocycles. The molecule has 1 amide bonds. The Morgan fingerprint density at radius 1 is 1.08 bits per heavy atom. The molecule has 0 bridgehead atoms. The molecule has 0 aliphatic heterocycles. The molecular weight excluding hydrogens is 330 g/mol. The van der Waals surface area contributed by atoms with Gasteiger partial charge in [0.2, 0.25) is 0 Å². The summed E-state index contributed by atoms with van der Waals surface area (Å²) in [5.41, 5.74) is 2.90. The first-order valence-electron chi connectivity index (χ1n) is 8.76. The highest BCUT2D eigenvalue weighted by Gasteiger charge is 2.20. The summed E-state index contributed by atoms with van der Waals surface area (Å²) in [5, 5.41) is 2.86. The predicted octanol–water partition coefficient (Wildman–Crippen LogP) is 4.28. The van der Waals surface area contributed by atoms with Crippen LogP contribution in [-0.2, 0) is 9.53 Å². The van der Waals surface area contributed by atoms with Crippen molar-refractivity contribution in [3.05, 3.63) is 59.2 Å². The molecule has 2 aromatic rings. The van der Waals surface area contributed by atoms with Crippen molar-refractivity contribution in [3.8, 4) is 5.75 Å². The van der Waals surface area contributed by atoms with Crippen LogP contribution in [0.1, 0.15) is 41.8 Å². The van der Waals surface area contributed by atoms with Gasteiger partial charge in [-0.3, -0.25) is 4.79 Å². The molecule has 1 atom stereocenters. The third-order valence-electron chi connectivity index (χ3n) is 3.94. The van der Waals surface area contributed by atoms with Crippen LogP contribution in [0.15, 0.2) is 42.5 Å². The minimum Gasteiger partial charge on any atom is -0.481 e. The lowest BCUT2D eigenvalue weighted by Crippen LogP contribution is -2.32. The molecule has 0 aromatic heterocycles. The van der Waals surface area contributed by atoms with Gasteiger partial charge in [-0.1, -0.05) is 25.1 Å². The van der Waals surface area contributed by atoms with E-state index in [1.165, 1.54) is 0 Å². The number of amides is 1. The Bertz CT molecular complexity index is 785. The van der Waals surface area contributed by atoms with Crippen LogP contribution in [-0.4, -0.2) is 24.6 Å². The van der Waals surface area contributed by atoms with Crippen LogP contribution >= 0.6 is 0 Å². The fourth-order valence-corrected chi connectivity index (χ4v) is 2.49. The van der Waals surface area contributed by atoms with Crippen LogP contribution in [0.3, 0.4) is 0 Å². The highest BCUT2D eigenvalue weighted by atomic mass is 16.5. The SMILES string of the molecule is CCOC(=O)c1ccc(C)c(NC(=O)[C@@H](CC)Oc2cccc(C)c2)c1. The monoisotopic (exact) mass is 355 g/mol. The lowest BCUT2D eigenvalue weighted by molar-refractivity contribution is -0.122. The number of carbonyl (C=O) groups excluding carboxylic acids is 2. The van der Waals surface area contributed by atoms with Crippen LogP contribution in [0.4, 0.5) is 5.69 Å². The van der Waals surface area contributed by atoms with Gasteiger partial charge in [0.15, 0.2) is 6.10 Å². The molecular formula is C21H25NO4. The standard InChI is InChI=1S/C21H25NO4/c1-5-19(26-17-9-7-8-14(3)12-17)20(23)22-18-13-16(11-10-15(18)4)21(24)25-6-2/h7-13,19H,5-6H2,1-4H3,(H,22,23)/t19-/m1/s1. The Hall–Kier alpha value is -2.82. The zero-order valence-corrected chi connectivity index (χ0v) is 15.7. The molecule has 5 heteroatoms. The van der Waals surface area contributed by atoms with Gasteiger partial charge in [-0.05, 0) is 62.6 Å². The van der Waals surface area contributed by atoms with E-state index in [2.05, 4.69) is 5.32 Å². The van der Waals surface area contributed by atoms with E-state index in [9.17, 15) is 9.59 Å². The minimum atomic E-state index is -0.623. The van der Waals surface area contributed by atoms with Crippen LogP contribution < -0.4 is 10.1 Å². The summed E-state index contributed by atoms with van der Waals surface area (Å²) in [5.74, 6) is -0.00633. The number of ether oxygens (including phenoxy) is 2. The minimum absolute atomic E-state index is 0.252. The van der Waals surface area contributed by atoms with E-state index in [4.69, 9.17) is 9.47 Å². The van der Waals surface area contributed by atoms with E-state index in [1.807, 2.05) is 45.0 Å². The zero-order valence-electron chi connectivity index (χ0n) is 15.7. The molecule has 0 spiro atoms. The van der Waals surface area contributed by atoms with Crippen molar-refractivity contribution in [1.82, 2.24) is 0 Å². The fourth-order valence-electron chi connectivity index (χ4n) is 2.49. The lowest BCUT2D eigenvalue weighted by atomic mass is 10.1. The number of benzene rings is 2. The third-order valence-corrected chi connectivity index (χ3v) is 3.94. The summed E-state index contributed by atoms with van der Waals surface area (Å²) in [6.07, 6.45) is -0.0985. The molecule has 2 rings (SSSR count). The van der Waals surface area contributed by atoms with Crippen molar-refractivity contribution in [2.45, 2.75) is 40.2 Å². The Kier molecular flexibility index (Phi) is 6.78. The summed E-state index contributed by atoms with van der Waals surface area (Å²) in [4.78, 5) is 24.5. The maximum absolute atomic E-state index is 12.6. The van der Waals surface area contributed by atoms with Crippen LogP contribution in [0.5, 0.6) is 5.75 Å². The Morgan fingerprint density at radius 2 is 1.85 bits per heavy atom. The van der Waals surface area contributed by atoms with Crippen molar-refractivity contribution in [2.24, 2.45) is 0 Å². The van der Waals surface area contributed by atoms with Crippen molar-refractivity contribution in [2.75, 3.05) is 11.9 Å². The Balaban J connectivity index is 2.14. The average Bonchev–Trinajstić information content (AvgIpc) is 2.61. The van der Waals surface area contributed by atoms with Gasteiger partial charge in [0, 0.05) is 5.69 Å². The summed E-state index contributed by atoms with van der Waals surface area (Å²) in [6, 6.07) is 12.7. The molecule has 0 fully saturated rings. The van der Waals surface area contributed by atoms with Gasteiger partial charge in [0.1, 0.15) is 5.75 Å². The van der Waals surface area contributed by atoms with Gasteiger partial charge >= 0.3 is 5.97 Å². The third kappa shape index (κ3) is 5.09. The maximum atomic E-state index is 12.6. The van der Waals surface area contributed by atoms with Gasteiger partial charge in [0.25, 0.3) is 5.91 Å². The van der Waals surface area contributed by atoms with E-state index < -0.39 is 12.1 Å². The molecule has 0 saturated carbocycles. The van der Waals surface area contributed by atoms with Crippen molar-refractivity contribution < 1.29 is 19.1 Å². The first-order chi connectivity index (χ1) is 12.4. The molecule has 1 N–H and O–H groups in total. The van der Waals surface area contributed by atoms with Crippen LogP contribution in [0, 0.1) is 13.8 Å². The summed E-state index contributed by atoms with van der Waals surface area (Å²) < 4.78 is 10.8. The molecule has 26 heavy (non-hydrogen) atoms. The second-order valence-corrected chi connectivity index (χ2v) is 6.07. The van der Waals surface area contributed by atoms with E-state index in [0.29, 0.717) is 30.0 Å². The van der Waals surface area contributed by atoms with Crippen molar-refractivity contribution in [1.29, 1.82) is 0 Å². The van der Waals surface area contributed by atoms with Gasteiger partial charge < -0.3 is 14.8 Å². The van der Waals surface area contributed by atoms with Gasteiger partial charge in [-0.15, -0.1) is 0 Å². The second-order valence-electron chi connectivity index (χ2n) is 6.07. The predicted molar refractivity (Wildman–Crippen MR) is 102 cm³/mol. The molecule has 0 unspecified atom stereocenters. The quantitative estimate of drug-likeness (QED) is 0.753. The molecule has 0 aliphatic carbocycles. The van der Waals surface area contributed by atoms with Gasteiger partial charge in [-0.2, -0.15) is 0 Å². The first-order valence-corrected chi connectivity index (χ1v) is 8.76. The zero-order chi connectivity index (χ0) is 19.1. The lowest BCUT2D eigenvalue weighted by Gasteiger charge is -2.18. The summed E-state index contributed by atoms with van der Waals surface area (Å²) in [7, 11) is 0. The Morgan fingerprint density at radius 3 is 2.50 bits per heavy atom. The molecule has 138 valence electrons. The first kappa shape index (κ1) is 19.5. The smallest absolute Gasteiger partial charge is 0.338 e. The average molecular weight is 355 g/mol. The van der Waals surface area contributed by atoms with Crippen LogP contribution in [0.25, 0.3) is 0 Å². The summed E-state index contributed by atoms with van der Waals surface area (Å²) in [6.45, 7) is 7.78. The highest BCUT2D eigenvalue weighted by molar-refractivity contribution is 5.97. The number of carbonyl (C=O) groups is 2. The van der Waals surface area contributed by atoms with Crippen molar-refractivity contribution in [3.63, 3.8) is 0 Å². The number of hydrogen-bond acceptors (Lipinski definition) is 4. The van der Waals surface area contributed by atoms with Crippen LogP contribution in [0.2, 0.25) is 0 Å². The molecule has 5 nitrogen and oxygen atoms in total. The number of nitrogens with one attached hydrogen (secondary N) is 1. The number of hydrogen-bond donors (Lipinski definition) is 1. The van der Waals surface area contributed by atoms with E-state index in [-0.39, 0.29) is 5.91 Å². The highest BCUT2D eigenvalue weighted by Crippen LogP contribution is 2.20. The normalized spacial score (nSPS) is 11.5. The van der Waals surface area contributed by atoms with Crippen molar-refractivity contribution >= 4 is 17.6 Å². The van der Waals surface area contributed by atoms with E-state index in [1.54, 1.807) is 25.1 Å². The fraction of sp³-hybridized carbons (Fsp3) is 0.333. The summed E-state index contributed by atoms with van der Waals surface area (Å²) >= 11 is 0. The number of aryl methyl sites for hydroxylation is 2. The van der Waals surface area contributed by atoms with Gasteiger partial charge in [0.05, 0.1) is 12.2 Å². The Labute approximate surface area is 154 Å².